The van der Waals surface area contributed by atoms with Crippen molar-refractivity contribution in [3.8, 4) is 11.6 Å². The minimum absolute atomic E-state index is 0.00120. The number of aromatic amines is 1. The van der Waals surface area contributed by atoms with Crippen LogP contribution in [0, 0.1) is 10.1 Å². The van der Waals surface area contributed by atoms with Crippen LogP contribution in [0.2, 0.25) is 0 Å². The molecule has 3 aromatic rings. The summed E-state index contributed by atoms with van der Waals surface area (Å²) in [6, 6.07) is 17.0. The number of H-pyrrole nitrogens is 1. The maximum atomic E-state index is 11.6. The van der Waals surface area contributed by atoms with Crippen LogP contribution in [0.4, 0.5) is 5.69 Å². The van der Waals surface area contributed by atoms with E-state index in [9.17, 15) is 20.0 Å². The summed E-state index contributed by atoms with van der Waals surface area (Å²) < 4.78 is 5.74. The van der Waals surface area contributed by atoms with Crippen LogP contribution in [-0.4, -0.2) is 20.0 Å². The van der Waals surface area contributed by atoms with Gasteiger partial charge in [0.05, 0.1) is 4.92 Å². The van der Waals surface area contributed by atoms with Crippen LogP contribution in [0.15, 0.2) is 59.4 Å². The Labute approximate surface area is 153 Å². The highest BCUT2D eigenvalue weighted by molar-refractivity contribution is 5.67. The third-order valence-electron chi connectivity index (χ3n) is 3.62. The molecule has 1 aromatic heterocycles. The molecule has 0 aliphatic carbocycles. The van der Waals surface area contributed by atoms with E-state index in [0.29, 0.717) is 12.4 Å². The number of nitrogens with zero attached hydrogens (tertiary/aromatic N) is 2. The van der Waals surface area contributed by atoms with Crippen molar-refractivity contribution in [3.63, 3.8) is 0 Å². The van der Waals surface area contributed by atoms with E-state index >= 15 is 0 Å². The van der Waals surface area contributed by atoms with Crippen LogP contribution in [-0.2, 0) is 6.61 Å². The smallest absolute Gasteiger partial charge is 0.395 e. The molecule has 1 heterocycles. The molecule has 0 saturated heterocycles. The number of aromatic hydroxyl groups is 1. The fraction of sp³-hybridized carbons (Fsp3) is 0.0526. The summed E-state index contributed by atoms with van der Waals surface area (Å²) in [6.07, 6.45) is 3.07. The molecule has 0 aliphatic rings. The Kier molecular flexibility index (Phi) is 5.27. The molecule has 0 saturated carbocycles. The number of benzene rings is 2. The number of rotatable bonds is 6. The molecule has 8 nitrogen and oxygen atoms in total. The monoisotopic (exact) mass is 365 g/mol. The number of hydrogen-bond acceptors (Lipinski definition) is 6. The third kappa shape index (κ3) is 4.57. The zero-order valence-electron chi connectivity index (χ0n) is 14.0. The van der Waals surface area contributed by atoms with Crippen molar-refractivity contribution in [2.75, 3.05) is 0 Å². The first-order valence-electron chi connectivity index (χ1n) is 7.95. The molecule has 0 aliphatic heterocycles. The largest absolute Gasteiger partial charge is 0.489 e. The van der Waals surface area contributed by atoms with Gasteiger partial charge in [0.2, 0.25) is 0 Å². The summed E-state index contributed by atoms with van der Waals surface area (Å²) in [5.74, 6) is -0.268. The lowest BCUT2D eigenvalue weighted by Crippen LogP contribution is -2.14. The summed E-state index contributed by atoms with van der Waals surface area (Å²) in [5, 5.41) is 20.2. The first-order valence-corrected chi connectivity index (χ1v) is 7.95. The summed E-state index contributed by atoms with van der Waals surface area (Å²) >= 11 is 0. The molecule has 0 amide bonds. The molecule has 0 bridgehead atoms. The van der Waals surface area contributed by atoms with Crippen molar-refractivity contribution in [1.82, 2.24) is 9.97 Å². The lowest BCUT2D eigenvalue weighted by atomic mass is 10.2. The van der Waals surface area contributed by atoms with Crippen molar-refractivity contribution in [3.05, 3.63) is 92.0 Å². The Morgan fingerprint density at radius 1 is 1.15 bits per heavy atom. The molecule has 3 rings (SSSR count). The fourth-order valence-corrected chi connectivity index (χ4v) is 2.34. The van der Waals surface area contributed by atoms with Gasteiger partial charge in [-0.1, -0.05) is 48.5 Å². The van der Waals surface area contributed by atoms with E-state index in [1.165, 1.54) is 6.08 Å². The quantitative estimate of drug-likeness (QED) is 0.512. The van der Waals surface area contributed by atoms with Gasteiger partial charge in [0.1, 0.15) is 18.2 Å². The number of nitrogens with one attached hydrogen (secondary N) is 1. The van der Waals surface area contributed by atoms with Gasteiger partial charge >= 0.3 is 11.2 Å². The molecule has 0 spiro atoms. The van der Waals surface area contributed by atoms with Crippen molar-refractivity contribution in [1.29, 1.82) is 0 Å². The Hall–Kier alpha value is -3.94. The van der Waals surface area contributed by atoms with Gasteiger partial charge in [-0.3, -0.25) is 14.9 Å². The van der Waals surface area contributed by atoms with Gasteiger partial charge in [-0.2, -0.15) is 4.98 Å². The second-order valence-corrected chi connectivity index (χ2v) is 5.56. The Morgan fingerprint density at radius 2 is 1.93 bits per heavy atom. The highest BCUT2D eigenvalue weighted by Crippen LogP contribution is 2.19. The van der Waals surface area contributed by atoms with E-state index in [1.807, 2.05) is 48.5 Å². The predicted octanol–water partition coefficient (Wildman–Crippen LogP) is 3.13. The summed E-state index contributed by atoms with van der Waals surface area (Å²) in [5.41, 5.74) is -0.196. The van der Waals surface area contributed by atoms with Crippen LogP contribution >= 0.6 is 0 Å². The van der Waals surface area contributed by atoms with Crippen molar-refractivity contribution < 1.29 is 14.8 Å². The van der Waals surface area contributed by atoms with Crippen LogP contribution in [0.25, 0.3) is 12.2 Å². The summed E-state index contributed by atoms with van der Waals surface area (Å²) in [6.45, 7) is 0.430. The molecule has 0 unspecified atom stereocenters. The van der Waals surface area contributed by atoms with Crippen LogP contribution in [0.3, 0.4) is 0 Å². The molecule has 0 radical (unpaired) electrons. The number of nitro groups is 1. The average molecular weight is 365 g/mol. The Balaban J connectivity index is 1.74. The molecule has 0 atom stereocenters. The molecular weight excluding hydrogens is 350 g/mol. The van der Waals surface area contributed by atoms with Crippen LogP contribution in [0.1, 0.15) is 17.0 Å². The van der Waals surface area contributed by atoms with Crippen LogP contribution in [0.5, 0.6) is 11.6 Å². The fourth-order valence-electron chi connectivity index (χ4n) is 2.34. The van der Waals surface area contributed by atoms with Crippen molar-refractivity contribution in [2.24, 2.45) is 0 Å². The SMILES string of the molecule is O=c1[nH]c(/C=C\c2cccc(OCc3ccccc3)c2)nc(O)c1[N+](=O)[O-]. The molecule has 136 valence electrons. The van der Waals surface area contributed by atoms with Gasteiger partial charge < -0.3 is 14.8 Å². The topological polar surface area (TPSA) is 118 Å². The van der Waals surface area contributed by atoms with Crippen molar-refractivity contribution in [2.45, 2.75) is 6.61 Å². The normalized spacial score (nSPS) is 10.8. The van der Waals surface area contributed by atoms with Gasteiger partial charge in [-0.15, -0.1) is 0 Å². The van der Waals surface area contributed by atoms with Gasteiger partial charge in [-0.25, -0.2) is 0 Å². The summed E-state index contributed by atoms with van der Waals surface area (Å²) in [7, 11) is 0. The van der Waals surface area contributed by atoms with Crippen molar-refractivity contribution >= 4 is 17.8 Å². The van der Waals surface area contributed by atoms with Gasteiger partial charge in [0.25, 0.3) is 5.88 Å². The molecule has 2 N–H and O–H groups in total. The molecule has 2 aromatic carbocycles. The molecule has 27 heavy (non-hydrogen) atoms. The first-order chi connectivity index (χ1) is 13.0. The molecular formula is C19H15N3O5. The maximum absolute atomic E-state index is 11.6. The molecule has 8 heteroatoms. The summed E-state index contributed by atoms with van der Waals surface area (Å²) in [4.78, 5) is 27.2. The van der Waals surface area contributed by atoms with E-state index in [1.54, 1.807) is 12.1 Å². The average Bonchev–Trinajstić information content (AvgIpc) is 2.65. The van der Waals surface area contributed by atoms with E-state index in [0.717, 1.165) is 11.1 Å². The standard InChI is InChI=1S/C19H15N3O5/c23-18-17(22(25)26)19(24)21-16(20-18)10-9-13-7-4-8-15(11-13)27-12-14-5-2-1-3-6-14/h1-11H,12H2,(H2,20,21,23,24)/b10-9-. The molecule has 0 fully saturated rings. The predicted molar refractivity (Wildman–Crippen MR) is 99.3 cm³/mol. The second kappa shape index (κ2) is 7.96. The first kappa shape index (κ1) is 17.9. The Morgan fingerprint density at radius 3 is 2.63 bits per heavy atom. The van der Waals surface area contributed by atoms with E-state index < -0.39 is 22.0 Å². The highest BCUT2D eigenvalue weighted by atomic mass is 16.6. The van der Waals surface area contributed by atoms with E-state index in [2.05, 4.69) is 9.97 Å². The van der Waals surface area contributed by atoms with Crippen LogP contribution < -0.4 is 10.3 Å². The van der Waals surface area contributed by atoms with Gasteiger partial charge in [0, 0.05) is 0 Å². The Bertz CT molecular complexity index is 1040. The minimum atomic E-state index is -1.02. The number of hydrogen-bond donors (Lipinski definition) is 2. The highest BCUT2D eigenvalue weighted by Gasteiger charge is 2.21. The zero-order chi connectivity index (χ0) is 19.2. The number of ether oxygens (including phenoxy) is 1. The second-order valence-electron chi connectivity index (χ2n) is 5.56. The lowest BCUT2D eigenvalue weighted by Gasteiger charge is -2.06. The lowest BCUT2D eigenvalue weighted by molar-refractivity contribution is -0.387. The van der Waals surface area contributed by atoms with Gasteiger partial charge in [0.15, 0.2) is 0 Å². The van der Waals surface area contributed by atoms with E-state index in [4.69, 9.17) is 4.74 Å². The number of aromatic nitrogens is 2. The third-order valence-corrected chi connectivity index (χ3v) is 3.62. The maximum Gasteiger partial charge on any atom is 0.395 e. The van der Waals surface area contributed by atoms with Gasteiger partial charge in [-0.05, 0) is 29.3 Å². The van der Waals surface area contributed by atoms with E-state index in [-0.39, 0.29) is 5.82 Å². The zero-order valence-corrected chi connectivity index (χ0v) is 14.0. The minimum Gasteiger partial charge on any atom is -0.489 e.